The van der Waals surface area contributed by atoms with Crippen LogP contribution in [0.4, 0.5) is 4.79 Å². The van der Waals surface area contributed by atoms with Gasteiger partial charge in [-0.2, -0.15) is 0 Å². The van der Waals surface area contributed by atoms with E-state index in [2.05, 4.69) is 10.6 Å². The molecule has 0 aromatic rings. The van der Waals surface area contributed by atoms with Gasteiger partial charge in [-0.3, -0.25) is 4.79 Å². The van der Waals surface area contributed by atoms with Gasteiger partial charge in [0.2, 0.25) is 0 Å². The number of urea groups is 1. The van der Waals surface area contributed by atoms with Gasteiger partial charge in [-0.25, -0.2) is 4.79 Å². The molecular weight excluding hydrogens is 260 g/mol. The lowest BCUT2D eigenvalue weighted by molar-refractivity contribution is -0.147. The number of rotatable bonds is 6. The van der Waals surface area contributed by atoms with Crippen molar-refractivity contribution >= 4 is 12.0 Å². The molecule has 2 rings (SSSR count). The van der Waals surface area contributed by atoms with E-state index in [1.807, 2.05) is 6.92 Å². The molecule has 3 N–H and O–H groups in total. The predicted molar refractivity (Wildman–Crippen MR) is 73.4 cm³/mol. The van der Waals surface area contributed by atoms with E-state index >= 15 is 0 Å². The van der Waals surface area contributed by atoms with Crippen molar-refractivity contribution in [1.29, 1.82) is 0 Å². The number of carboxylic acids is 1. The van der Waals surface area contributed by atoms with Crippen molar-refractivity contribution in [1.82, 2.24) is 10.6 Å². The van der Waals surface area contributed by atoms with Crippen LogP contribution in [0.3, 0.4) is 0 Å². The Morgan fingerprint density at radius 1 is 1.35 bits per heavy atom. The molecule has 0 bridgehead atoms. The first-order valence-electron chi connectivity index (χ1n) is 7.35. The summed E-state index contributed by atoms with van der Waals surface area (Å²) in [4.78, 5) is 23.1. The molecule has 1 saturated carbocycles. The monoisotopic (exact) mass is 284 g/mol. The Bertz CT molecular complexity index is 383. The summed E-state index contributed by atoms with van der Waals surface area (Å²) in [6.45, 7) is 4.27. The van der Waals surface area contributed by atoms with Crippen molar-refractivity contribution in [2.24, 2.45) is 11.3 Å². The Morgan fingerprint density at radius 2 is 2.05 bits per heavy atom. The lowest BCUT2D eigenvalue weighted by Gasteiger charge is -2.25. The molecule has 0 radical (unpaired) electrons. The minimum Gasteiger partial charge on any atom is -0.481 e. The highest BCUT2D eigenvalue weighted by Crippen LogP contribution is 2.38. The standard InChI is InChI=1S/C14H24N2O4/c1-3-14(2,12(17)18)8-15-13(19)16-10-6-7-20-11(10)9-4-5-9/h9-11H,3-8H2,1-2H3,(H,17,18)(H2,15,16,19). The molecule has 1 aliphatic heterocycles. The molecule has 114 valence electrons. The number of carbonyl (C=O) groups is 2. The molecule has 20 heavy (non-hydrogen) atoms. The number of carbonyl (C=O) groups excluding carboxylic acids is 1. The maximum Gasteiger partial charge on any atom is 0.315 e. The minimum absolute atomic E-state index is 0.0558. The highest BCUT2D eigenvalue weighted by Gasteiger charge is 2.41. The molecule has 1 heterocycles. The summed E-state index contributed by atoms with van der Waals surface area (Å²) in [5.74, 6) is -0.303. The third kappa shape index (κ3) is 3.42. The molecule has 1 aliphatic carbocycles. The number of ether oxygens (including phenoxy) is 1. The largest absolute Gasteiger partial charge is 0.481 e. The van der Waals surface area contributed by atoms with Gasteiger partial charge in [0.05, 0.1) is 17.6 Å². The molecule has 0 spiro atoms. The zero-order valence-corrected chi connectivity index (χ0v) is 12.1. The molecule has 3 atom stereocenters. The van der Waals surface area contributed by atoms with Crippen molar-refractivity contribution in [3.63, 3.8) is 0 Å². The summed E-state index contributed by atoms with van der Waals surface area (Å²) in [5, 5.41) is 14.8. The zero-order chi connectivity index (χ0) is 14.8. The van der Waals surface area contributed by atoms with Crippen LogP contribution in [0.1, 0.15) is 39.5 Å². The molecule has 2 amide bonds. The first kappa shape index (κ1) is 15.1. The van der Waals surface area contributed by atoms with Crippen molar-refractivity contribution < 1.29 is 19.4 Å². The van der Waals surface area contributed by atoms with E-state index in [9.17, 15) is 9.59 Å². The van der Waals surface area contributed by atoms with Crippen LogP contribution in [0.15, 0.2) is 0 Å². The highest BCUT2D eigenvalue weighted by atomic mass is 16.5. The van der Waals surface area contributed by atoms with Gasteiger partial charge in [0.25, 0.3) is 0 Å². The predicted octanol–water partition coefficient (Wildman–Crippen LogP) is 1.35. The van der Waals surface area contributed by atoms with E-state index in [4.69, 9.17) is 9.84 Å². The molecule has 0 aromatic heterocycles. The Morgan fingerprint density at radius 3 is 2.60 bits per heavy atom. The summed E-state index contributed by atoms with van der Waals surface area (Å²) < 4.78 is 5.66. The van der Waals surface area contributed by atoms with Crippen molar-refractivity contribution in [2.45, 2.75) is 51.7 Å². The fourth-order valence-corrected chi connectivity index (χ4v) is 2.50. The SMILES string of the molecule is CCC(C)(CNC(=O)NC1CCOC1C1CC1)C(=O)O. The van der Waals surface area contributed by atoms with Gasteiger partial charge in [0.1, 0.15) is 0 Å². The molecule has 6 heteroatoms. The number of aliphatic carboxylic acids is 1. The summed E-state index contributed by atoms with van der Waals surface area (Å²) in [6, 6.07) is -0.243. The van der Waals surface area contributed by atoms with Gasteiger partial charge >= 0.3 is 12.0 Å². The van der Waals surface area contributed by atoms with Gasteiger partial charge in [0.15, 0.2) is 0 Å². The van der Waals surface area contributed by atoms with Gasteiger partial charge in [0, 0.05) is 13.2 Å². The Hall–Kier alpha value is -1.30. The maximum atomic E-state index is 11.9. The van der Waals surface area contributed by atoms with E-state index in [-0.39, 0.29) is 24.7 Å². The van der Waals surface area contributed by atoms with Crippen LogP contribution >= 0.6 is 0 Å². The van der Waals surface area contributed by atoms with Crippen LogP contribution in [0.2, 0.25) is 0 Å². The average molecular weight is 284 g/mol. The van der Waals surface area contributed by atoms with Crippen LogP contribution in [-0.4, -0.2) is 42.4 Å². The van der Waals surface area contributed by atoms with Crippen LogP contribution in [0, 0.1) is 11.3 Å². The molecule has 1 saturated heterocycles. The second-order valence-electron chi connectivity index (χ2n) is 6.11. The average Bonchev–Trinajstić information content (AvgIpc) is 3.16. The highest BCUT2D eigenvalue weighted by molar-refractivity contribution is 5.78. The fraction of sp³-hybridized carbons (Fsp3) is 0.857. The van der Waals surface area contributed by atoms with Crippen LogP contribution in [-0.2, 0) is 9.53 Å². The first-order chi connectivity index (χ1) is 9.46. The smallest absolute Gasteiger partial charge is 0.315 e. The van der Waals surface area contributed by atoms with E-state index in [1.54, 1.807) is 6.92 Å². The van der Waals surface area contributed by atoms with Gasteiger partial charge in [-0.05, 0) is 38.5 Å². The van der Waals surface area contributed by atoms with E-state index < -0.39 is 11.4 Å². The molecular formula is C14H24N2O4. The number of carboxylic acid groups (broad SMARTS) is 1. The van der Waals surface area contributed by atoms with Gasteiger partial charge in [-0.15, -0.1) is 0 Å². The third-order valence-corrected chi connectivity index (χ3v) is 4.47. The van der Waals surface area contributed by atoms with Crippen LogP contribution in [0.25, 0.3) is 0 Å². The topological polar surface area (TPSA) is 87.7 Å². The molecule has 2 fully saturated rings. The normalized spacial score (nSPS) is 28.7. The molecule has 6 nitrogen and oxygen atoms in total. The summed E-state index contributed by atoms with van der Waals surface area (Å²) in [7, 11) is 0. The van der Waals surface area contributed by atoms with E-state index in [0.29, 0.717) is 18.9 Å². The maximum absolute atomic E-state index is 11.9. The van der Waals surface area contributed by atoms with Crippen LogP contribution < -0.4 is 10.6 Å². The third-order valence-electron chi connectivity index (χ3n) is 4.47. The molecule has 2 aliphatic rings. The summed E-state index contributed by atoms with van der Waals surface area (Å²) in [5.41, 5.74) is -0.917. The van der Waals surface area contributed by atoms with Gasteiger partial charge < -0.3 is 20.5 Å². The zero-order valence-electron chi connectivity index (χ0n) is 12.1. The molecule has 3 unspecified atom stereocenters. The van der Waals surface area contributed by atoms with Gasteiger partial charge in [-0.1, -0.05) is 6.92 Å². The van der Waals surface area contributed by atoms with Crippen molar-refractivity contribution in [3.05, 3.63) is 0 Å². The number of nitrogens with one attached hydrogen (secondary N) is 2. The Balaban J connectivity index is 1.79. The van der Waals surface area contributed by atoms with E-state index in [0.717, 1.165) is 6.42 Å². The Labute approximate surface area is 119 Å². The van der Waals surface area contributed by atoms with Crippen molar-refractivity contribution in [3.8, 4) is 0 Å². The lowest BCUT2D eigenvalue weighted by atomic mass is 9.88. The number of hydrogen-bond donors (Lipinski definition) is 3. The second kappa shape index (κ2) is 5.99. The lowest BCUT2D eigenvalue weighted by Crippen LogP contribution is -2.49. The quantitative estimate of drug-likeness (QED) is 0.687. The second-order valence-corrected chi connectivity index (χ2v) is 6.11. The van der Waals surface area contributed by atoms with Crippen LogP contribution in [0.5, 0.6) is 0 Å². The Kier molecular flexibility index (Phi) is 4.52. The molecule has 0 aromatic carbocycles. The minimum atomic E-state index is -0.917. The number of hydrogen-bond acceptors (Lipinski definition) is 3. The fourth-order valence-electron chi connectivity index (χ4n) is 2.50. The number of amides is 2. The summed E-state index contributed by atoms with van der Waals surface area (Å²) >= 11 is 0. The summed E-state index contributed by atoms with van der Waals surface area (Å²) in [6.07, 6.45) is 3.80. The van der Waals surface area contributed by atoms with Crippen molar-refractivity contribution in [2.75, 3.05) is 13.2 Å². The van der Waals surface area contributed by atoms with E-state index in [1.165, 1.54) is 12.8 Å². The first-order valence-corrected chi connectivity index (χ1v) is 7.35.